The van der Waals surface area contributed by atoms with Crippen LogP contribution in [0.4, 0.5) is 10.1 Å². The number of amides is 1. The van der Waals surface area contributed by atoms with Gasteiger partial charge in [-0.3, -0.25) is 14.9 Å². The van der Waals surface area contributed by atoms with Crippen LogP contribution in [0, 0.1) is 15.9 Å². The van der Waals surface area contributed by atoms with Gasteiger partial charge in [-0.1, -0.05) is 6.92 Å². The Morgan fingerprint density at radius 2 is 2.28 bits per heavy atom. The molecule has 0 heterocycles. The van der Waals surface area contributed by atoms with E-state index in [0.717, 1.165) is 18.2 Å². The fourth-order valence-corrected chi connectivity index (χ4v) is 1.34. The Balaban J connectivity index is 2.97. The topological polar surface area (TPSA) is 92.5 Å². The van der Waals surface area contributed by atoms with Gasteiger partial charge in [-0.15, -0.1) is 0 Å². The van der Waals surface area contributed by atoms with Gasteiger partial charge in [0, 0.05) is 12.1 Å². The molecule has 0 saturated heterocycles. The largest absolute Gasteiger partial charge is 0.394 e. The number of carbonyl (C=O) groups excluding carboxylic acids is 1. The molecule has 0 bridgehead atoms. The van der Waals surface area contributed by atoms with Crippen molar-refractivity contribution in [2.75, 3.05) is 6.61 Å². The smallest absolute Gasteiger partial charge is 0.270 e. The summed E-state index contributed by atoms with van der Waals surface area (Å²) in [5.74, 6) is -1.62. The number of carbonyl (C=O) groups is 1. The van der Waals surface area contributed by atoms with Crippen molar-refractivity contribution in [2.45, 2.75) is 19.4 Å². The molecule has 7 heteroatoms. The van der Waals surface area contributed by atoms with Crippen LogP contribution in [0.2, 0.25) is 0 Å². The summed E-state index contributed by atoms with van der Waals surface area (Å²) in [4.78, 5) is 21.5. The normalized spacial score (nSPS) is 11.9. The van der Waals surface area contributed by atoms with Crippen LogP contribution in [-0.4, -0.2) is 28.6 Å². The van der Waals surface area contributed by atoms with Crippen LogP contribution < -0.4 is 5.32 Å². The van der Waals surface area contributed by atoms with E-state index in [1.807, 2.05) is 0 Å². The van der Waals surface area contributed by atoms with Gasteiger partial charge < -0.3 is 10.4 Å². The maximum Gasteiger partial charge on any atom is 0.270 e. The maximum absolute atomic E-state index is 13.4. The molecule has 1 aromatic rings. The average Bonchev–Trinajstić information content (AvgIpc) is 2.35. The quantitative estimate of drug-likeness (QED) is 0.612. The summed E-state index contributed by atoms with van der Waals surface area (Å²) in [6.45, 7) is 1.46. The zero-order chi connectivity index (χ0) is 13.7. The number of nitro benzene ring substituents is 1. The number of hydrogen-bond acceptors (Lipinski definition) is 4. The van der Waals surface area contributed by atoms with E-state index >= 15 is 0 Å². The molecule has 1 amide bonds. The zero-order valence-electron chi connectivity index (χ0n) is 9.72. The number of nitro groups is 1. The van der Waals surface area contributed by atoms with Crippen LogP contribution in [0.1, 0.15) is 23.7 Å². The molecule has 18 heavy (non-hydrogen) atoms. The molecule has 0 spiro atoms. The molecule has 0 saturated carbocycles. The van der Waals surface area contributed by atoms with Crippen molar-refractivity contribution in [3.63, 3.8) is 0 Å². The Morgan fingerprint density at radius 1 is 1.61 bits per heavy atom. The monoisotopic (exact) mass is 256 g/mol. The second kappa shape index (κ2) is 6.06. The van der Waals surface area contributed by atoms with E-state index in [-0.39, 0.29) is 12.3 Å². The van der Waals surface area contributed by atoms with Crippen molar-refractivity contribution < 1.29 is 19.2 Å². The number of rotatable bonds is 5. The first-order valence-electron chi connectivity index (χ1n) is 5.35. The molecule has 0 unspecified atom stereocenters. The third-order valence-corrected chi connectivity index (χ3v) is 2.45. The summed E-state index contributed by atoms with van der Waals surface area (Å²) in [6.07, 6.45) is 0.471. The molecule has 2 N–H and O–H groups in total. The summed E-state index contributed by atoms with van der Waals surface area (Å²) in [7, 11) is 0. The SMILES string of the molecule is CC[C@H](CO)NC(=O)c1cc([N+](=O)[O-])ccc1F. The minimum absolute atomic E-state index is 0.279. The standard InChI is InChI=1S/C11H13FN2O4/c1-2-7(6-15)13-11(16)9-5-8(14(17)18)3-4-10(9)12/h3-5,7,15H,2,6H2,1H3,(H,13,16)/t7-/m1/s1. The minimum atomic E-state index is -0.842. The van der Waals surface area contributed by atoms with Crippen molar-refractivity contribution in [2.24, 2.45) is 0 Å². The van der Waals surface area contributed by atoms with Crippen molar-refractivity contribution in [3.05, 3.63) is 39.7 Å². The van der Waals surface area contributed by atoms with Gasteiger partial charge in [0.1, 0.15) is 5.82 Å². The number of non-ortho nitro benzene ring substituents is 1. The zero-order valence-corrected chi connectivity index (χ0v) is 9.72. The highest BCUT2D eigenvalue weighted by molar-refractivity contribution is 5.95. The van der Waals surface area contributed by atoms with Crippen molar-refractivity contribution in [1.82, 2.24) is 5.32 Å². The molecular weight excluding hydrogens is 243 g/mol. The Hall–Kier alpha value is -2.02. The highest BCUT2D eigenvalue weighted by Crippen LogP contribution is 2.16. The van der Waals surface area contributed by atoms with Gasteiger partial charge >= 0.3 is 0 Å². The maximum atomic E-state index is 13.4. The Bertz CT molecular complexity index is 460. The molecule has 6 nitrogen and oxygen atoms in total. The lowest BCUT2D eigenvalue weighted by molar-refractivity contribution is -0.384. The molecule has 1 atom stereocenters. The summed E-state index contributed by atoms with van der Waals surface area (Å²) < 4.78 is 13.4. The number of aliphatic hydroxyl groups excluding tert-OH is 1. The fourth-order valence-electron chi connectivity index (χ4n) is 1.34. The van der Waals surface area contributed by atoms with E-state index in [9.17, 15) is 19.3 Å². The second-order valence-electron chi connectivity index (χ2n) is 3.68. The van der Waals surface area contributed by atoms with Crippen molar-refractivity contribution in [1.29, 1.82) is 0 Å². The molecular formula is C11H13FN2O4. The number of benzene rings is 1. The molecule has 1 rings (SSSR count). The predicted octanol–water partition coefficient (Wildman–Crippen LogP) is 1.23. The van der Waals surface area contributed by atoms with E-state index in [2.05, 4.69) is 5.32 Å². The van der Waals surface area contributed by atoms with Gasteiger partial charge in [-0.05, 0) is 12.5 Å². The molecule has 98 valence electrons. The van der Waals surface area contributed by atoms with Gasteiger partial charge in [0.15, 0.2) is 0 Å². The van der Waals surface area contributed by atoms with E-state index < -0.39 is 28.3 Å². The Morgan fingerprint density at radius 3 is 2.78 bits per heavy atom. The highest BCUT2D eigenvalue weighted by Gasteiger charge is 2.18. The fraction of sp³-hybridized carbons (Fsp3) is 0.364. The van der Waals surface area contributed by atoms with E-state index in [1.165, 1.54) is 0 Å². The minimum Gasteiger partial charge on any atom is -0.394 e. The summed E-state index contributed by atoms with van der Waals surface area (Å²) >= 11 is 0. The molecule has 0 aliphatic carbocycles. The van der Waals surface area contributed by atoms with E-state index in [1.54, 1.807) is 6.92 Å². The average molecular weight is 256 g/mol. The molecule has 1 aromatic carbocycles. The molecule has 0 aromatic heterocycles. The van der Waals surface area contributed by atoms with Crippen LogP contribution in [0.5, 0.6) is 0 Å². The Labute approximate surface area is 103 Å². The van der Waals surface area contributed by atoms with Gasteiger partial charge in [-0.25, -0.2) is 4.39 Å². The first kappa shape index (κ1) is 14.0. The molecule has 0 aliphatic heterocycles. The number of aliphatic hydroxyl groups is 1. The summed E-state index contributed by atoms with van der Waals surface area (Å²) in [5, 5.41) is 21.8. The predicted molar refractivity (Wildman–Crippen MR) is 61.7 cm³/mol. The third-order valence-electron chi connectivity index (χ3n) is 2.45. The van der Waals surface area contributed by atoms with Gasteiger partial charge in [-0.2, -0.15) is 0 Å². The van der Waals surface area contributed by atoms with Gasteiger partial charge in [0.05, 0.1) is 23.1 Å². The van der Waals surface area contributed by atoms with Crippen LogP contribution in [0.3, 0.4) is 0 Å². The number of nitrogens with zero attached hydrogens (tertiary/aromatic N) is 1. The number of nitrogens with one attached hydrogen (secondary N) is 1. The number of halogens is 1. The van der Waals surface area contributed by atoms with E-state index in [4.69, 9.17) is 5.11 Å². The highest BCUT2D eigenvalue weighted by atomic mass is 19.1. The third kappa shape index (κ3) is 3.24. The van der Waals surface area contributed by atoms with E-state index in [0.29, 0.717) is 6.42 Å². The van der Waals surface area contributed by atoms with Crippen LogP contribution in [0.15, 0.2) is 18.2 Å². The first-order chi connectivity index (χ1) is 8.49. The van der Waals surface area contributed by atoms with Crippen molar-refractivity contribution in [3.8, 4) is 0 Å². The lowest BCUT2D eigenvalue weighted by Gasteiger charge is -2.14. The van der Waals surface area contributed by atoms with Crippen LogP contribution >= 0.6 is 0 Å². The second-order valence-corrected chi connectivity index (χ2v) is 3.68. The first-order valence-corrected chi connectivity index (χ1v) is 5.35. The lowest BCUT2D eigenvalue weighted by atomic mass is 10.1. The summed E-state index contributed by atoms with van der Waals surface area (Å²) in [5.41, 5.74) is -0.769. The van der Waals surface area contributed by atoms with Gasteiger partial charge in [0.25, 0.3) is 11.6 Å². The van der Waals surface area contributed by atoms with Gasteiger partial charge in [0.2, 0.25) is 0 Å². The molecule has 0 aliphatic rings. The lowest BCUT2D eigenvalue weighted by Crippen LogP contribution is -2.37. The van der Waals surface area contributed by atoms with Crippen molar-refractivity contribution >= 4 is 11.6 Å². The summed E-state index contributed by atoms with van der Waals surface area (Å²) in [6, 6.07) is 2.22. The number of hydrogen-bond donors (Lipinski definition) is 2. The molecule has 0 radical (unpaired) electrons. The molecule has 0 fully saturated rings. The Kier molecular flexibility index (Phi) is 4.73. The van der Waals surface area contributed by atoms with Crippen LogP contribution in [-0.2, 0) is 0 Å². The van der Waals surface area contributed by atoms with Crippen LogP contribution in [0.25, 0.3) is 0 Å².